The average Bonchev–Trinajstić information content (AvgIpc) is 2.62. The molecule has 0 aromatic heterocycles. The molecule has 0 aliphatic heterocycles. The van der Waals surface area contributed by atoms with Gasteiger partial charge in [-0.1, -0.05) is 60.7 Å². The normalized spacial score (nSPS) is 11.8. The fourth-order valence-electron chi connectivity index (χ4n) is 2.89. The summed E-state index contributed by atoms with van der Waals surface area (Å²) in [6, 6.07) is 10.6. The Morgan fingerprint density at radius 2 is 1.88 bits per heavy atom. The van der Waals surface area contributed by atoms with Gasteiger partial charge in [-0.25, -0.2) is 0 Å². The summed E-state index contributed by atoms with van der Waals surface area (Å²) < 4.78 is 5.77. The largest absolute Gasteiger partial charge is 0.489 e. The lowest BCUT2D eigenvalue weighted by Gasteiger charge is -2.15. The van der Waals surface area contributed by atoms with E-state index in [1.54, 1.807) is 6.08 Å². The van der Waals surface area contributed by atoms with E-state index >= 15 is 0 Å². The van der Waals surface area contributed by atoms with E-state index in [0.717, 1.165) is 12.2 Å². The Labute approximate surface area is 160 Å². The number of rotatable bonds is 7. The van der Waals surface area contributed by atoms with Gasteiger partial charge in [0.15, 0.2) is 0 Å². The van der Waals surface area contributed by atoms with E-state index < -0.39 is 0 Å². The van der Waals surface area contributed by atoms with Crippen LogP contribution in [0.3, 0.4) is 0 Å². The Bertz CT molecular complexity index is 844. The molecule has 2 heteroatoms. The smallest absolute Gasteiger partial charge is 0.123 e. The lowest BCUT2D eigenvalue weighted by molar-refractivity contribution is 0.360. The van der Waals surface area contributed by atoms with Gasteiger partial charge in [-0.05, 0) is 73.3 Å². The van der Waals surface area contributed by atoms with Crippen molar-refractivity contribution >= 4 is 20.6 Å². The molecular weight excluding hydrogens is 335 g/mol. The molecule has 1 unspecified atom stereocenters. The van der Waals surface area contributed by atoms with Crippen LogP contribution in [0.25, 0.3) is 6.08 Å². The summed E-state index contributed by atoms with van der Waals surface area (Å²) in [7, 11) is 2.81. The van der Waals surface area contributed by atoms with Crippen molar-refractivity contribution in [2.45, 2.75) is 34.1 Å². The van der Waals surface area contributed by atoms with Crippen LogP contribution in [0.2, 0.25) is 0 Å². The summed E-state index contributed by atoms with van der Waals surface area (Å²) in [6.45, 7) is 12.8. The van der Waals surface area contributed by atoms with Gasteiger partial charge in [0.25, 0.3) is 0 Å². The molecule has 0 saturated heterocycles. The molecule has 0 radical (unpaired) electrons. The van der Waals surface area contributed by atoms with Gasteiger partial charge in [-0.3, -0.25) is 0 Å². The molecule has 26 heavy (non-hydrogen) atoms. The summed E-state index contributed by atoms with van der Waals surface area (Å²) in [4.78, 5) is 0. The van der Waals surface area contributed by atoms with Crippen molar-refractivity contribution in [1.82, 2.24) is 0 Å². The zero-order chi connectivity index (χ0) is 19.1. The Balaban J connectivity index is 2.19. The van der Waals surface area contributed by atoms with Crippen LogP contribution in [0.1, 0.15) is 34.7 Å². The van der Waals surface area contributed by atoms with E-state index in [-0.39, 0.29) is 0 Å². The molecule has 0 saturated carbocycles. The molecule has 2 aromatic rings. The number of hydrogen-bond acceptors (Lipinski definition) is 1. The highest BCUT2D eigenvalue weighted by Crippen LogP contribution is 2.29. The minimum atomic E-state index is 0.536. The van der Waals surface area contributed by atoms with E-state index in [2.05, 4.69) is 92.1 Å². The molecule has 0 aliphatic rings. The SMILES string of the molecule is C=CCOc1cc(C)c(C=CC(C)=CCc2ccccc2P)c(C)c1C. The monoisotopic (exact) mass is 364 g/mol. The number of aryl methyl sites for hydroxylation is 1. The van der Waals surface area contributed by atoms with E-state index in [9.17, 15) is 0 Å². The van der Waals surface area contributed by atoms with Gasteiger partial charge >= 0.3 is 0 Å². The molecule has 1 atom stereocenters. The van der Waals surface area contributed by atoms with Crippen LogP contribution in [0.5, 0.6) is 5.75 Å². The first-order valence-corrected chi connectivity index (χ1v) is 9.54. The quantitative estimate of drug-likeness (QED) is 0.339. The fraction of sp³-hybridized carbons (Fsp3) is 0.250. The molecule has 1 nitrogen and oxygen atoms in total. The zero-order valence-electron chi connectivity index (χ0n) is 16.3. The highest BCUT2D eigenvalue weighted by atomic mass is 31.0. The van der Waals surface area contributed by atoms with E-state index in [1.807, 2.05) is 0 Å². The minimum absolute atomic E-state index is 0.536. The van der Waals surface area contributed by atoms with Gasteiger partial charge < -0.3 is 4.74 Å². The zero-order valence-corrected chi connectivity index (χ0v) is 17.5. The highest BCUT2D eigenvalue weighted by Gasteiger charge is 2.09. The number of hydrogen-bond donors (Lipinski definition) is 0. The molecule has 2 aromatic carbocycles. The molecule has 0 spiro atoms. The fourth-order valence-corrected chi connectivity index (χ4v) is 3.22. The lowest BCUT2D eigenvalue weighted by Crippen LogP contribution is -2.00. The van der Waals surface area contributed by atoms with Crippen molar-refractivity contribution in [3.63, 3.8) is 0 Å². The lowest BCUT2D eigenvalue weighted by atomic mass is 9.96. The first-order valence-electron chi connectivity index (χ1n) is 8.96. The maximum Gasteiger partial charge on any atom is 0.123 e. The van der Waals surface area contributed by atoms with Gasteiger partial charge in [-0.2, -0.15) is 0 Å². The number of allylic oxidation sites excluding steroid dienone is 3. The Morgan fingerprint density at radius 1 is 1.15 bits per heavy atom. The summed E-state index contributed by atoms with van der Waals surface area (Å²) in [5.41, 5.74) is 7.57. The predicted molar refractivity (Wildman–Crippen MR) is 119 cm³/mol. The predicted octanol–water partition coefficient (Wildman–Crippen LogP) is 5.88. The number of ether oxygens (including phenoxy) is 1. The highest BCUT2D eigenvalue weighted by molar-refractivity contribution is 7.27. The van der Waals surface area contributed by atoms with E-state index in [4.69, 9.17) is 4.74 Å². The third-order valence-corrected chi connectivity index (χ3v) is 5.24. The number of benzene rings is 2. The van der Waals surface area contributed by atoms with Crippen molar-refractivity contribution in [3.8, 4) is 5.75 Å². The maximum atomic E-state index is 5.77. The first kappa shape index (κ1) is 20.2. The van der Waals surface area contributed by atoms with E-state index in [1.165, 1.54) is 38.7 Å². The van der Waals surface area contributed by atoms with Crippen LogP contribution < -0.4 is 10.0 Å². The minimum Gasteiger partial charge on any atom is -0.489 e. The van der Waals surface area contributed by atoms with Crippen molar-refractivity contribution in [3.05, 3.63) is 88.5 Å². The van der Waals surface area contributed by atoms with Crippen LogP contribution in [0.4, 0.5) is 0 Å². The first-order chi connectivity index (χ1) is 12.4. The van der Waals surface area contributed by atoms with Crippen LogP contribution in [0.15, 0.2) is 60.7 Å². The molecule has 0 aliphatic carbocycles. The Hall–Kier alpha value is -2.11. The van der Waals surface area contributed by atoms with Crippen molar-refractivity contribution < 1.29 is 4.74 Å². The van der Waals surface area contributed by atoms with Gasteiger partial charge in [-0.15, -0.1) is 9.24 Å². The third-order valence-electron chi connectivity index (χ3n) is 4.68. The van der Waals surface area contributed by atoms with Gasteiger partial charge in [0.1, 0.15) is 12.4 Å². The molecule has 0 amide bonds. The molecule has 2 rings (SSSR count). The Morgan fingerprint density at radius 3 is 2.58 bits per heavy atom. The van der Waals surface area contributed by atoms with Crippen LogP contribution in [0, 0.1) is 20.8 Å². The average molecular weight is 364 g/mol. The van der Waals surface area contributed by atoms with Crippen LogP contribution in [-0.4, -0.2) is 6.61 Å². The second kappa shape index (κ2) is 9.55. The molecule has 0 fully saturated rings. The second-order valence-corrected chi connectivity index (χ2v) is 7.26. The summed E-state index contributed by atoms with van der Waals surface area (Å²) >= 11 is 0. The molecule has 0 heterocycles. The van der Waals surface area contributed by atoms with E-state index in [0.29, 0.717) is 6.61 Å². The summed E-state index contributed by atoms with van der Waals surface area (Å²) in [6.07, 6.45) is 9.41. The maximum absolute atomic E-state index is 5.77. The van der Waals surface area contributed by atoms with Crippen LogP contribution in [-0.2, 0) is 6.42 Å². The molecule has 0 bridgehead atoms. The second-order valence-electron chi connectivity index (χ2n) is 6.64. The van der Waals surface area contributed by atoms with Gasteiger partial charge in [0.2, 0.25) is 0 Å². The van der Waals surface area contributed by atoms with Gasteiger partial charge in [0.05, 0.1) is 0 Å². The molecule has 0 N–H and O–H groups in total. The summed E-state index contributed by atoms with van der Waals surface area (Å²) in [5, 5.41) is 1.26. The Kier molecular flexibility index (Phi) is 7.42. The van der Waals surface area contributed by atoms with Crippen molar-refractivity contribution in [2.24, 2.45) is 0 Å². The standard InChI is InChI=1S/C24H29OP/c1-6-15-25-23-16-18(3)22(19(4)20(23)5)14-12-17(2)11-13-21-9-7-8-10-24(21)26/h6-12,14,16H,1,13,15,26H2,2-5H3. The third kappa shape index (κ3) is 5.19. The topological polar surface area (TPSA) is 9.23 Å². The van der Waals surface area contributed by atoms with Crippen molar-refractivity contribution in [1.29, 1.82) is 0 Å². The van der Waals surface area contributed by atoms with Crippen molar-refractivity contribution in [2.75, 3.05) is 6.61 Å². The molecular formula is C24H29OP. The van der Waals surface area contributed by atoms with Gasteiger partial charge in [0, 0.05) is 0 Å². The summed E-state index contributed by atoms with van der Waals surface area (Å²) in [5.74, 6) is 0.946. The van der Waals surface area contributed by atoms with Crippen LogP contribution >= 0.6 is 9.24 Å². The molecule has 136 valence electrons.